The van der Waals surface area contributed by atoms with Gasteiger partial charge in [-0.1, -0.05) is 169 Å². The lowest BCUT2D eigenvalue weighted by molar-refractivity contribution is 1.43. The van der Waals surface area contributed by atoms with Gasteiger partial charge in [0.1, 0.15) is 0 Å². The van der Waals surface area contributed by atoms with Gasteiger partial charge in [0.05, 0.1) is 0 Å². The molecule has 0 aliphatic heterocycles. The van der Waals surface area contributed by atoms with Crippen molar-refractivity contribution in [3.8, 4) is 11.1 Å². The van der Waals surface area contributed by atoms with Gasteiger partial charge >= 0.3 is 0 Å². The summed E-state index contributed by atoms with van der Waals surface area (Å²) in [5.41, 5.74) is 9.96. The van der Waals surface area contributed by atoms with Gasteiger partial charge < -0.3 is 0 Å². The molecule has 41 heavy (non-hydrogen) atoms. The number of hydrogen-bond acceptors (Lipinski definition) is 0. The van der Waals surface area contributed by atoms with Crippen molar-refractivity contribution < 1.29 is 0 Å². The van der Waals surface area contributed by atoms with Gasteiger partial charge in [-0.2, -0.15) is 0 Å². The minimum absolute atomic E-state index is 0.753. The van der Waals surface area contributed by atoms with E-state index in [1.54, 1.807) is 0 Å². The molecule has 0 heterocycles. The van der Waals surface area contributed by atoms with Crippen LogP contribution in [0.1, 0.15) is 27.8 Å². The van der Waals surface area contributed by atoms with Gasteiger partial charge in [0.15, 0.2) is 0 Å². The predicted octanol–water partition coefficient (Wildman–Crippen LogP) is 9.32. The maximum Gasteiger partial charge on any atom is -0.00724 e. The molecular formula is C40H33P. The highest BCUT2D eigenvalue weighted by Gasteiger charge is 2.22. The van der Waals surface area contributed by atoms with E-state index in [1.165, 1.54) is 60.4 Å². The van der Waals surface area contributed by atoms with E-state index in [2.05, 4.69) is 178 Å². The summed E-state index contributed by atoms with van der Waals surface area (Å²) >= 11 is 0. The summed E-state index contributed by atoms with van der Waals surface area (Å²) in [6, 6.07) is 57.5. The first-order chi connectivity index (χ1) is 20.2. The molecule has 0 unspecified atom stereocenters. The van der Waals surface area contributed by atoms with Crippen LogP contribution in [0.15, 0.2) is 158 Å². The van der Waals surface area contributed by atoms with Crippen molar-refractivity contribution in [3.05, 3.63) is 186 Å². The van der Waals surface area contributed by atoms with Crippen LogP contribution in [0, 0.1) is 13.8 Å². The Labute approximate surface area is 245 Å². The molecule has 0 aliphatic carbocycles. The second-order valence-corrected chi connectivity index (χ2v) is 12.6. The van der Waals surface area contributed by atoms with Crippen molar-refractivity contribution >= 4 is 35.5 Å². The topological polar surface area (TPSA) is 0 Å². The van der Waals surface area contributed by atoms with Gasteiger partial charge in [0, 0.05) is 0 Å². The lowest BCUT2D eigenvalue weighted by Gasteiger charge is -2.24. The molecule has 0 saturated heterocycles. The van der Waals surface area contributed by atoms with Crippen molar-refractivity contribution in [3.63, 3.8) is 0 Å². The zero-order valence-corrected chi connectivity index (χ0v) is 24.4. The van der Waals surface area contributed by atoms with Crippen molar-refractivity contribution in [2.75, 3.05) is 0 Å². The van der Waals surface area contributed by atoms with Crippen molar-refractivity contribution in [2.24, 2.45) is 0 Å². The Morgan fingerprint density at radius 1 is 0.488 bits per heavy atom. The summed E-state index contributed by atoms with van der Waals surface area (Å²) in [5, 5.41) is 4.08. The van der Waals surface area contributed by atoms with Crippen LogP contribution in [-0.4, -0.2) is 0 Å². The fourth-order valence-electron chi connectivity index (χ4n) is 5.49. The molecule has 0 nitrogen and oxygen atoms in total. The quantitative estimate of drug-likeness (QED) is 0.139. The molecule has 0 aromatic heterocycles. The van der Waals surface area contributed by atoms with Crippen LogP contribution in [0.4, 0.5) is 0 Å². The van der Waals surface area contributed by atoms with Crippen LogP contribution in [-0.2, 0) is 0 Å². The fraction of sp³-hybridized carbons (Fsp3) is 0.0500. The number of aryl methyl sites for hydroxylation is 2. The van der Waals surface area contributed by atoms with E-state index in [1.807, 2.05) is 0 Å². The van der Waals surface area contributed by atoms with Gasteiger partial charge in [-0.05, 0) is 77.1 Å². The number of rotatable bonds is 7. The van der Waals surface area contributed by atoms with Gasteiger partial charge in [-0.15, -0.1) is 0 Å². The monoisotopic (exact) mass is 544 g/mol. The second kappa shape index (κ2) is 12.3. The Morgan fingerprint density at radius 2 is 1.05 bits per heavy atom. The van der Waals surface area contributed by atoms with Crippen LogP contribution < -0.4 is 15.9 Å². The summed E-state index contributed by atoms with van der Waals surface area (Å²) in [7, 11) is -0.753. The molecular weight excluding hydrogens is 511 g/mol. The minimum Gasteiger partial charge on any atom is -0.0622 e. The van der Waals surface area contributed by atoms with Crippen LogP contribution in [0.2, 0.25) is 0 Å². The molecule has 0 atom stereocenters. The maximum absolute atomic E-state index is 2.35. The lowest BCUT2D eigenvalue weighted by Crippen LogP contribution is -2.22. The van der Waals surface area contributed by atoms with Gasteiger partial charge in [0.2, 0.25) is 0 Å². The molecule has 1 heteroatoms. The van der Waals surface area contributed by atoms with Crippen LogP contribution >= 0.6 is 7.92 Å². The highest BCUT2D eigenvalue weighted by molar-refractivity contribution is 7.80. The zero-order chi connectivity index (χ0) is 28.0. The molecule has 0 radical (unpaired) electrons. The predicted molar refractivity (Wildman–Crippen MR) is 180 cm³/mol. The highest BCUT2D eigenvalue weighted by atomic mass is 31.1. The lowest BCUT2D eigenvalue weighted by atomic mass is 9.89. The molecule has 6 aromatic carbocycles. The van der Waals surface area contributed by atoms with Crippen molar-refractivity contribution in [1.82, 2.24) is 0 Å². The Balaban J connectivity index is 1.59. The SMILES string of the molecule is Cc1cccc(/C=C(\c2cccc(C)c2)c2ccccc2-c2ccccc2P(c2ccccc2)c2ccccc2)c1. The Hall–Kier alpha value is -4.51. The molecule has 6 aromatic rings. The average Bonchev–Trinajstić information content (AvgIpc) is 3.01. The molecule has 198 valence electrons. The first-order valence-electron chi connectivity index (χ1n) is 14.1. The van der Waals surface area contributed by atoms with E-state index in [0.717, 1.165) is 0 Å². The molecule has 0 fully saturated rings. The highest BCUT2D eigenvalue weighted by Crippen LogP contribution is 2.40. The fourth-order valence-corrected chi connectivity index (χ4v) is 7.95. The van der Waals surface area contributed by atoms with E-state index in [-0.39, 0.29) is 0 Å². The zero-order valence-electron chi connectivity index (χ0n) is 23.5. The van der Waals surface area contributed by atoms with Gasteiger partial charge in [-0.25, -0.2) is 0 Å². The van der Waals surface area contributed by atoms with E-state index in [4.69, 9.17) is 0 Å². The van der Waals surface area contributed by atoms with E-state index < -0.39 is 7.92 Å². The molecule has 0 aliphatic rings. The smallest absolute Gasteiger partial charge is 0.00724 e. The molecule has 0 N–H and O–H groups in total. The summed E-state index contributed by atoms with van der Waals surface area (Å²) in [5.74, 6) is 0. The summed E-state index contributed by atoms with van der Waals surface area (Å²) in [6.45, 7) is 4.32. The third-order valence-electron chi connectivity index (χ3n) is 7.36. The largest absolute Gasteiger partial charge is 0.0622 e. The second-order valence-electron chi connectivity index (χ2n) is 10.4. The van der Waals surface area contributed by atoms with E-state index >= 15 is 0 Å². The van der Waals surface area contributed by atoms with E-state index in [0.29, 0.717) is 0 Å². The first-order valence-corrected chi connectivity index (χ1v) is 15.5. The standard InChI is InChI=1S/C40H33P/c1-30-15-13-17-32(27-30)29-39(33-18-14-16-31(2)28-33)37-24-10-9-23-36(37)38-25-11-12-26-40(38)41(34-19-5-3-6-20-34)35-21-7-4-8-22-35/h3-29H,1-2H3/b39-29+. The van der Waals surface area contributed by atoms with Gasteiger partial charge in [-0.3, -0.25) is 0 Å². The van der Waals surface area contributed by atoms with Crippen LogP contribution in [0.25, 0.3) is 22.8 Å². The van der Waals surface area contributed by atoms with Crippen molar-refractivity contribution in [1.29, 1.82) is 0 Å². The Morgan fingerprint density at radius 3 is 1.71 bits per heavy atom. The van der Waals surface area contributed by atoms with Crippen LogP contribution in [0.5, 0.6) is 0 Å². The third kappa shape index (κ3) is 5.99. The molecule has 0 bridgehead atoms. The van der Waals surface area contributed by atoms with Crippen molar-refractivity contribution in [2.45, 2.75) is 13.8 Å². The first kappa shape index (κ1) is 26.7. The summed E-state index contributed by atoms with van der Waals surface area (Å²) in [6.07, 6.45) is 2.35. The third-order valence-corrected chi connectivity index (χ3v) is 9.86. The molecule has 0 amide bonds. The number of hydrogen-bond donors (Lipinski definition) is 0. The molecule has 0 saturated carbocycles. The molecule has 6 rings (SSSR count). The van der Waals surface area contributed by atoms with E-state index in [9.17, 15) is 0 Å². The van der Waals surface area contributed by atoms with Crippen LogP contribution in [0.3, 0.4) is 0 Å². The number of benzene rings is 6. The summed E-state index contributed by atoms with van der Waals surface area (Å²) < 4.78 is 0. The maximum atomic E-state index is 2.35. The van der Waals surface area contributed by atoms with Gasteiger partial charge in [0.25, 0.3) is 0 Å². The Bertz CT molecular complexity index is 1760. The molecule has 0 spiro atoms. The Kier molecular flexibility index (Phi) is 8.04. The normalized spacial score (nSPS) is 11.5. The minimum atomic E-state index is -0.753. The average molecular weight is 545 g/mol. The summed E-state index contributed by atoms with van der Waals surface area (Å²) in [4.78, 5) is 0.